The number of carbonyl (C=O) groups excluding carboxylic acids is 2. The number of nitrogens with zero attached hydrogens (tertiary/aromatic N) is 2. The van der Waals surface area contributed by atoms with Gasteiger partial charge in [-0.3, -0.25) is 13.9 Å². The summed E-state index contributed by atoms with van der Waals surface area (Å²) in [7, 11) is -2.73. The van der Waals surface area contributed by atoms with Gasteiger partial charge in [-0.2, -0.15) is 0 Å². The van der Waals surface area contributed by atoms with Crippen LogP contribution in [-0.4, -0.2) is 50.9 Å². The molecular weight excluding hydrogens is 538 g/mol. The minimum absolute atomic E-state index is 0.0496. The van der Waals surface area contributed by atoms with Crippen molar-refractivity contribution in [2.75, 3.05) is 18.0 Å². The SMILES string of the molecule is CCC(C)NC(=O)C(CC)N(Cc1cccc(C)c1)C(=O)CN(c1ccccc1OC)S(=O)(=O)c1ccc(C)cc1. The quantitative estimate of drug-likeness (QED) is 0.299. The highest BCUT2D eigenvalue weighted by Crippen LogP contribution is 2.32. The number of para-hydroxylation sites is 2. The van der Waals surface area contributed by atoms with Crippen molar-refractivity contribution in [1.29, 1.82) is 0 Å². The first-order valence-electron chi connectivity index (χ1n) is 13.9. The molecule has 0 aliphatic rings. The van der Waals surface area contributed by atoms with Gasteiger partial charge in [0.25, 0.3) is 10.0 Å². The van der Waals surface area contributed by atoms with E-state index in [9.17, 15) is 18.0 Å². The zero-order valence-corrected chi connectivity index (χ0v) is 25.6. The van der Waals surface area contributed by atoms with Crippen molar-refractivity contribution in [3.8, 4) is 5.75 Å². The number of rotatable bonds is 13. The van der Waals surface area contributed by atoms with Gasteiger partial charge in [-0.1, -0.05) is 73.5 Å². The van der Waals surface area contributed by atoms with Crippen LogP contribution in [-0.2, 0) is 26.2 Å². The third kappa shape index (κ3) is 7.88. The monoisotopic (exact) mass is 579 g/mol. The summed E-state index contributed by atoms with van der Waals surface area (Å²) in [4.78, 5) is 29.1. The molecule has 3 aromatic carbocycles. The lowest BCUT2D eigenvalue weighted by Crippen LogP contribution is -2.53. The van der Waals surface area contributed by atoms with E-state index in [-0.39, 0.29) is 29.1 Å². The number of ether oxygens (including phenoxy) is 1. The molecule has 0 aliphatic carbocycles. The maximum absolute atomic E-state index is 14.2. The van der Waals surface area contributed by atoms with E-state index in [1.807, 2.05) is 58.9 Å². The molecule has 3 aromatic rings. The maximum Gasteiger partial charge on any atom is 0.264 e. The van der Waals surface area contributed by atoms with Crippen LogP contribution in [0.25, 0.3) is 0 Å². The molecule has 0 aliphatic heterocycles. The van der Waals surface area contributed by atoms with Crippen molar-refractivity contribution in [3.05, 3.63) is 89.5 Å². The third-order valence-corrected chi connectivity index (χ3v) is 8.84. The van der Waals surface area contributed by atoms with Crippen LogP contribution in [0.15, 0.2) is 77.7 Å². The van der Waals surface area contributed by atoms with E-state index in [1.165, 1.54) is 24.1 Å². The highest BCUT2D eigenvalue weighted by Gasteiger charge is 2.35. The summed E-state index contributed by atoms with van der Waals surface area (Å²) in [6.45, 7) is 9.19. The number of amides is 2. The van der Waals surface area contributed by atoms with Gasteiger partial charge in [0.1, 0.15) is 18.3 Å². The Morgan fingerprint density at radius 3 is 2.20 bits per heavy atom. The first-order chi connectivity index (χ1) is 19.5. The van der Waals surface area contributed by atoms with Crippen LogP contribution in [0, 0.1) is 13.8 Å². The van der Waals surface area contributed by atoms with Crippen LogP contribution in [0.2, 0.25) is 0 Å². The number of nitrogens with one attached hydrogen (secondary N) is 1. The van der Waals surface area contributed by atoms with Crippen LogP contribution in [0.5, 0.6) is 5.75 Å². The molecule has 0 saturated carbocycles. The first-order valence-corrected chi connectivity index (χ1v) is 15.3. The fourth-order valence-corrected chi connectivity index (χ4v) is 5.98. The molecule has 0 spiro atoms. The van der Waals surface area contributed by atoms with Crippen molar-refractivity contribution in [2.24, 2.45) is 0 Å². The molecule has 0 saturated heterocycles. The third-order valence-electron chi connectivity index (χ3n) is 7.06. The maximum atomic E-state index is 14.2. The van der Waals surface area contributed by atoms with Crippen molar-refractivity contribution in [3.63, 3.8) is 0 Å². The predicted octanol–water partition coefficient (Wildman–Crippen LogP) is 5.23. The second-order valence-electron chi connectivity index (χ2n) is 10.2. The molecule has 2 atom stereocenters. The van der Waals surface area contributed by atoms with Crippen molar-refractivity contribution in [1.82, 2.24) is 10.2 Å². The summed E-state index contributed by atoms with van der Waals surface area (Å²) < 4.78 is 34.7. The van der Waals surface area contributed by atoms with Gasteiger partial charge in [0.05, 0.1) is 17.7 Å². The summed E-state index contributed by atoms with van der Waals surface area (Å²) in [5, 5.41) is 2.99. The highest BCUT2D eigenvalue weighted by molar-refractivity contribution is 7.92. The molecule has 1 N–H and O–H groups in total. The lowest BCUT2D eigenvalue weighted by atomic mass is 10.1. The number of methoxy groups -OCH3 is 1. The summed E-state index contributed by atoms with van der Waals surface area (Å²) in [5.74, 6) is -0.463. The topological polar surface area (TPSA) is 96.0 Å². The van der Waals surface area contributed by atoms with E-state index < -0.39 is 28.5 Å². The van der Waals surface area contributed by atoms with Crippen LogP contribution < -0.4 is 14.4 Å². The molecule has 0 heterocycles. The Bertz CT molecular complexity index is 1440. The van der Waals surface area contributed by atoms with E-state index in [0.717, 1.165) is 27.4 Å². The Hall–Kier alpha value is -3.85. The van der Waals surface area contributed by atoms with Crippen LogP contribution in [0.1, 0.15) is 50.3 Å². The first kappa shape index (κ1) is 31.7. The lowest BCUT2D eigenvalue weighted by molar-refractivity contribution is -0.140. The van der Waals surface area contributed by atoms with Gasteiger partial charge < -0.3 is 15.0 Å². The van der Waals surface area contributed by atoms with Gasteiger partial charge in [0.15, 0.2) is 0 Å². The lowest BCUT2D eigenvalue weighted by Gasteiger charge is -2.34. The van der Waals surface area contributed by atoms with E-state index in [1.54, 1.807) is 36.4 Å². The highest BCUT2D eigenvalue weighted by atomic mass is 32.2. The minimum Gasteiger partial charge on any atom is -0.495 e. The summed E-state index contributed by atoms with van der Waals surface area (Å²) in [6.07, 6.45) is 1.10. The molecule has 0 radical (unpaired) electrons. The zero-order valence-electron chi connectivity index (χ0n) is 24.8. The van der Waals surface area contributed by atoms with Gasteiger partial charge in [-0.15, -0.1) is 0 Å². The molecule has 3 rings (SSSR count). The number of sulfonamides is 1. The van der Waals surface area contributed by atoms with Gasteiger partial charge in [-0.25, -0.2) is 8.42 Å². The fourth-order valence-electron chi connectivity index (χ4n) is 4.55. The summed E-state index contributed by atoms with van der Waals surface area (Å²) >= 11 is 0. The largest absolute Gasteiger partial charge is 0.495 e. The minimum atomic E-state index is -4.18. The molecule has 9 heteroatoms. The van der Waals surface area contributed by atoms with Gasteiger partial charge in [0.2, 0.25) is 11.8 Å². The predicted molar refractivity (Wildman–Crippen MR) is 162 cm³/mol. The van der Waals surface area contributed by atoms with Crippen molar-refractivity contribution in [2.45, 2.75) is 71.0 Å². The Balaban J connectivity index is 2.10. The molecule has 0 bridgehead atoms. The molecule has 41 heavy (non-hydrogen) atoms. The average Bonchev–Trinajstić information content (AvgIpc) is 2.95. The molecule has 8 nitrogen and oxygen atoms in total. The average molecular weight is 580 g/mol. The Morgan fingerprint density at radius 1 is 0.902 bits per heavy atom. The number of hydrogen-bond donors (Lipinski definition) is 1. The van der Waals surface area contributed by atoms with E-state index >= 15 is 0 Å². The second-order valence-corrected chi connectivity index (χ2v) is 12.1. The van der Waals surface area contributed by atoms with E-state index in [2.05, 4.69) is 5.32 Å². The Labute approximate surface area is 244 Å². The van der Waals surface area contributed by atoms with Gasteiger partial charge >= 0.3 is 0 Å². The smallest absolute Gasteiger partial charge is 0.264 e. The molecule has 0 aromatic heterocycles. The number of aryl methyl sites for hydroxylation is 2. The zero-order chi connectivity index (χ0) is 30.2. The van der Waals surface area contributed by atoms with Crippen molar-refractivity contribution < 1.29 is 22.7 Å². The number of carbonyl (C=O) groups is 2. The number of anilines is 1. The van der Waals surface area contributed by atoms with E-state index in [0.29, 0.717) is 12.2 Å². The Morgan fingerprint density at radius 2 is 1.59 bits per heavy atom. The summed E-state index contributed by atoms with van der Waals surface area (Å²) in [5.41, 5.74) is 3.01. The van der Waals surface area contributed by atoms with Crippen LogP contribution >= 0.6 is 0 Å². The Kier molecular flexibility index (Phi) is 10.9. The van der Waals surface area contributed by atoms with Crippen LogP contribution in [0.3, 0.4) is 0 Å². The number of benzene rings is 3. The second kappa shape index (κ2) is 14.2. The van der Waals surface area contributed by atoms with Gasteiger partial charge in [0, 0.05) is 12.6 Å². The molecule has 220 valence electrons. The van der Waals surface area contributed by atoms with Crippen molar-refractivity contribution >= 4 is 27.5 Å². The standard InChI is InChI=1S/C32H41N3O5S/c1-7-25(5)33-32(37)28(8-2)34(21-26-13-11-12-24(4)20-26)31(36)22-35(29-14-9-10-15-30(29)40-6)41(38,39)27-18-16-23(3)17-19-27/h9-20,25,28H,7-8,21-22H2,1-6H3,(H,33,37). The van der Waals surface area contributed by atoms with Gasteiger partial charge in [-0.05, 0) is 63.4 Å². The molecular formula is C32H41N3O5S. The molecule has 0 fully saturated rings. The van der Waals surface area contributed by atoms with E-state index in [4.69, 9.17) is 4.74 Å². The molecule has 2 unspecified atom stereocenters. The normalized spacial score (nSPS) is 12.7. The number of hydrogen-bond acceptors (Lipinski definition) is 5. The fraction of sp³-hybridized carbons (Fsp3) is 0.375. The van der Waals surface area contributed by atoms with Crippen LogP contribution in [0.4, 0.5) is 5.69 Å². The summed E-state index contributed by atoms with van der Waals surface area (Å²) in [6, 6.07) is 20.0. The molecule has 2 amide bonds.